The fourth-order valence-corrected chi connectivity index (χ4v) is 2.01. The van der Waals surface area contributed by atoms with Crippen LogP contribution in [0.15, 0.2) is 45.8 Å². The number of ether oxygens (including phenoxy) is 2. The second kappa shape index (κ2) is 8.77. The topological polar surface area (TPSA) is 99.1 Å². The summed E-state index contributed by atoms with van der Waals surface area (Å²) in [6.07, 6.45) is 0.123. The Hall–Kier alpha value is -2.96. The lowest BCUT2D eigenvalue weighted by Crippen LogP contribution is -2.22. The maximum Gasteiger partial charge on any atom is 0.374 e. The van der Waals surface area contributed by atoms with Gasteiger partial charge in [0.2, 0.25) is 5.76 Å². The minimum atomic E-state index is -0.493. The van der Waals surface area contributed by atoms with Crippen LogP contribution in [0.4, 0.5) is 5.69 Å². The zero-order valence-electron chi connectivity index (χ0n) is 14.6. The maximum atomic E-state index is 11.5. The molecular weight excluding hydrogens is 322 g/mol. The van der Waals surface area contributed by atoms with Crippen LogP contribution in [0.25, 0.3) is 0 Å². The van der Waals surface area contributed by atoms with Crippen molar-refractivity contribution in [2.45, 2.75) is 33.4 Å². The first kappa shape index (κ1) is 18.4. The molecular formula is C18H23N3O4. The van der Waals surface area contributed by atoms with E-state index in [1.165, 1.54) is 0 Å². The lowest BCUT2D eigenvalue weighted by atomic mass is 10.3. The van der Waals surface area contributed by atoms with E-state index in [2.05, 4.69) is 10.3 Å². The number of carbonyl (C=O) groups is 1. The summed E-state index contributed by atoms with van der Waals surface area (Å²) in [5.41, 5.74) is 6.66. The quantitative estimate of drug-likeness (QED) is 0.454. The van der Waals surface area contributed by atoms with Gasteiger partial charge in [-0.25, -0.2) is 9.79 Å². The summed E-state index contributed by atoms with van der Waals surface area (Å²) in [4.78, 5) is 15.7. The first-order valence-corrected chi connectivity index (χ1v) is 8.07. The molecule has 1 aromatic heterocycles. The molecule has 0 fully saturated rings. The van der Waals surface area contributed by atoms with Crippen LogP contribution in [0.1, 0.15) is 37.1 Å². The zero-order valence-corrected chi connectivity index (χ0v) is 14.6. The van der Waals surface area contributed by atoms with Gasteiger partial charge in [-0.15, -0.1) is 0 Å². The molecule has 0 radical (unpaired) electrons. The Kier molecular flexibility index (Phi) is 6.45. The number of furan rings is 1. The molecule has 25 heavy (non-hydrogen) atoms. The average Bonchev–Trinajstić information content (AvgIpc) is 3.04. The van der Waals surface area contributed by atoms with Crippen LogP contribution in [-0.2, 0) is 11.3 Å². The summed E-state index contributed by atoms with van der Waals surface area (Å²) < 4.78 is 15.8. The van der Waals surface area contributed by atoms with Crippen molar-refractivity contribution in [3.8, 4) is 5.75 Å². The Bertz CT molecular complexity index is 720. The average molecular weight is 345 g/mol. The Labute approximate surface area is 146 Å². The predicted molar refractivity (Wildman–Crippen MR) is 95.8 cm³/mol. The zero-order chi connectivity index (χ0) is 18.2. The van der Waals surface area contributed by atoms with Crippen molar-refractivity contribution in [3.63, 3.8) is 0 Å². The van der Waals surface area contributed by atoms with E-state index in [9.17, 15) is 4.79 Å². The molecule has 0 saturated heterocycles. The van der Waals surface area contributed by atoms with Crippen molar-refractivity contribution < 1.29 is 18.7 Å². The molecule has 2 aromatic rings. The van der Waals surface area contributed by atoms with Crippen LogP contribution in [-0.4, -0.2) is 24.6 Å². The summed E-state index contributed by atoms with van der Waals surface area (Å²) in [5.74, 6) is 1.21. The smallest absolute Gasteiger partial charge is 0.374 e. The van der Waals surface area contributed by atoms with Crippen LogP contribution in [0.3, 0.4) is 0 Å². The minimum Gasteiger partial charge on any atom is -0.491 e. The van der Waals surface area contributed by atoms with Crippen molar-refractivity contribution in [1.82, 2.24) is 0 Å². The van der Waals surface area contributed by atoms with Gasteiger partial charge in [0.05, 0.1) is 12.7 Å². The van der Waals surface area contributed by atoms with Crippen molar-refractivity contribution >= 4 is 17.6 Å². The Morgan fingerprint density at radius 2 is 1.96 bits per heavy atom. The molecule has 2 rings (SSSR count). The molecule has 0 spiro atoms. The highest BCUT2D eigenvalue weighted by molar-refractivity contribution is 5.92. The van der Waals surface area contributed by atoms with Crippen LogP contribution < -0.4 is 15.8 Å². The normalized spacial score (nSPS) is 11.4. The largest absolute Gasteiger partial charge is 0.491 e. The number of nitrogens with zero attached hydrogens (tertiary/aromatic N) is 1. The first-order valence-electron chi connectivity index (χ1n) is 8.07. The molecule has 0 aliphatic heterocycles. The maximum absolute atomic E-state index is 11.5. The second-order valence-electron chi connectivity index (χ2n) is 5.50. The first-order chi connectivity index (χ1) is 12.0. The number of aliphatic imine (C=N–C) groups is 1. The Balaban J connectivity index is 1.90. The molecule has 0 atom stereocenters. The Morgan fingerprint density at radius 3 is 2.60 bits per heavy atom. The molecule has 1 heterocycles. The van der Waals surface area contributed by atoms with Gasteiger partial charge in [0.1, 0.15) is 18.1 Å². The van der Waals surface area contributed by atoms with E-state index in [4.69, 9.17) is 19.6 Å². The lowest BCUT2D eigenvalue weighted by molar-refractivity contribution is 0.0488. The van der Waals surface area contributed by atoms with E-state index in [1.54, 1.807) is 19.1 Å². The van der Waals surface area contributed by atoms with Gasteiger partial charge in [0.25, 0.3) is 0 Å². The molecule has 7 heteroatoms. The third-order valence-corrected chi connectivity index (χ3v) is 3.04. The summed E-state index contributed by atoms with van der Waals surface area (Å²) in [7, 11) is 0. The monoisotopic (exact) mass is 345 g/mol. The third kappa shape index (κ3) is 5.87. The Morgan fingerprint density at radius 1 is 1.24 bits per heavy atom. The SMILES string of the molecule is CCOC(=O)c1ccc(CN=C(N)Nc2ccc(OC(C)C)cc2)o1. The fraction of sp³-hybridized carbons (Fsp3) is 0.333. The highest BCUT2D eigenvalue weighted by Gasteiger charge is 2.11. The number of nitrogens with two attached hydrogens (primary N) is 1. The molecule has 0 aliphatic rings. The molecule has 1 aromatic carbocycles. The number of anilines is 1. The van der Waals surface area contributed by atoms with E-state index < -0.39 is 5.97 Å². The fourth-order valence-electron chi connectivity index (χ4n) is 2.01. The predicted octanol–water partition coefficient (Wildman–Crippen LogP) is 3.17. The van der Waals surface area contributed by atoms with Crippen molar-refractivity contribution in [2.75, 3.05) is 11.9 Å². The van der Waals surface area contributed by atoms with Gasteiger partial charge < -0.3 is 24.9 Å². The number of hydrogen-bond donors (Lipinski definition) is 2. The van der Waals surface area contributed by atoms with Crippen LogP contribution >= 0.6 is 0 Å². The van der Waals surface area contributed by atoms with Gasteiger partial charge in [-0.2, -0.15) is 0 Å². The molecule has 0 saturated carbocycles. The van der Waals surface area contributed by atoms with Crippen LogP contribution in [0.5, 0.6) is 5.75 Å². The number of benzene rings is 1. The number of guanidine groups is 1. The second-order valence-corrected chi connectivity index (χ2v) is 5.50. The standard InChI is InChI=1S/C18H23N3O4/c1-4-23-17(22)16-10-9-15(25-16)11-20-18(19)21-13-5-7-14(8-6-13)24-12(2)3/h5-10,12H,4,11H2,1-3H3,(H3,19,20,21). The number of nitrogens with one attached hydrogen (secondary N) is 1. The molecule has 134 valence electrons. The van der Waals surface area contributed by atoms with Gasteiger partial charge in [0, 0.05) is 5.69 Å². The van der Waals surface area contributed by atoms with E-state index in [0.29, 0.717) is 12.4 Å². The number of hydrogen-bond acceptors (Lipinski definition) is 5. The lowest BCUT2D eigenvalue weighted by Gasteiger charge is -2.10. The van der Waals surface area contributed by atoms with Crippen LogP contribution in [0.2, 0.25) is 0 Å². The third-order valence-electron chi connectivity index (χ3n) is 3.04. The molecule has 0 aliphatic carbocycles. The van der Waals surface area contributed by atoms with E-state index in [1.807, 2.05) is 38.1 Å². The molecule has 7 nitrogen and oxygen atoms in total. The molecule has 0 bridgehead atoms. The van der Waals surface area contributed by atoms with Crippen molar-refractivity contribution in [3.05, 3.63) is 47.9 Å². The van der Waals surface area contributed by atoms with Gasteiger partial charge in [-0.3, -0.25) is 0 Å². The number of esters is 1. The van der Waals surface area contributed by atoms with Crippen molar-refractivity contribution in [1.29, 1.82) is 0 Å². The van der Waals surface area contributed by atoms with Crippen molar-refractivity contribution in [2.24, 2.45) is 10.7 Å². The van der Waals surface area contributed by atoms with Gasteiger partial charge in [-0.1, -0.05) is 0 Å². The van der Waals surface area contributed by atoms with Crippen LogP contribution in [0, 0.1) is 0 Å². The summed E-state index contributed by atoms with van der Waals surface area (Å²) in [6, 6.07) is 10.6. The van der Waals surface area contributed by atoms with E-state index >= 15 is 0 Å². The number of rotatable bonds is 7. The highest BCUT2D eigenvalue weighted by atomic mass is 16.5. The summed E-state index contributed by atoms with van der Waals surface area (Å²) >= 11 is 0. The molecule has 0 unspecified atom stereocenters. The van der Waals surface area contributed by atoms with Gasteiger partial charge in [-0.05, 0) is 57.2 Å². The molecule has 3 N–H and O–H groups in total. The summed E-state index contributed by atoms with van der Waals surface area (Å²) in [6.45, 7) is 6.19. The van der Waals surface area contributed by atoms with E-state index in [0.717, 1.165) is 11.4 Å². The van der Waals surface area contributed by atoms with E-state index in [-0.39, 0.29) is 24.4 Å². The van der Waals surface area contributed by atoms with Gasteiger partial charge >= 0.3 is 5.97 Å². The minimum absolute atomic E-state index is 0.123. The highest BCUT2D eigenvalue weighted by Crippen LogP contribution is 2.17. The van der Waals surface area contributed by atoms with Gasteiger partial charge in [0.15, 0.2) is 5.96 Å². The molecule has 0 amide bonds. The number of carbonyl (C=O) groups excluding carboxylic acids is 1. The summed E-state index contributed by atoms with van der Waals surface area (Å²) in [5, 5.41) is 2.98.